The van der Waals surface area contributed by atoms with Crippen molar-refractivity contribution in [2.75, 3.05) is 25.2 Å². The molecule has 0 aliphatic rings. The van der Waals surface area contributed by atoms with Crippen LogP contribution in [0.4, 0.5) is 5.82 Å². The van der Waals surface area contributed by atoms with Crippen LogP contribution in [0.5, 0.6) is 0 Å². The number of nitrogens with two attached hydrogens (primary N) is 1. The maximum absolute atomic E-state index is 11.1. The van der Waals surface area contributed by atoms with Crippen molar-refractivity contribution in [2.24, 2.45) is 5.73 Å². The third kappa shape index (κ3) is 4.93. The van der Waals surface area contributed by atoms with Gasteiger partial charge in [-0.3, -0.25) is 4.79 Å². The standard InChI is InChI=1S/C11H16BrClN4O2/c1-7(5-9(14)18)17(3-4-19-2)10-8(12)6-15-11(13)16-10/h6-7H,3-5H2,1-2H3,(H2,14,18). The van der Waals surface area contributed by atoms with E-state index in [1.807, 2.05) is 11.8 Å². The Hall–Kier alpha value is -0.920. The second-order valence-electron chi connectivity index (χ2n) is 4.02. The summed E-state index contributed by atoms with van der Waals surface area (Å²) >= 11 is 9.19. The highest BCUT2D eigenvalue weighted by molar-refractivity contribution is 9.10. The van der Waals surface area contributed by atoms with Crippen molar-refractivity contribution in [2.45, 2.75) is 19.4 Å². The number of nitrogens with zero attached hydrogens (tertiary/aromatic N) is 3. The number of carbonyl (C=O) groups is 1. The lowest BCUT2D eigenvalue weighted by molar-refractivity contribution is -0.118. The fraction of sp³-hybridized carbons (Fsp3) is 0.545. The number of rotatable bonds is 7. The van der Waals surface area contributed by atoms with Gasteiger partial charge < -0.3 is 15.4 Å². The molecule has 2 N–H and O–H groups in total. The smallest absolute Gasteiger partial charge is 0.224 e. The second-order valence-corrected chi connectivity index (χ2v) is 5.21. The van der Waals surface area contributed by atoms with E-state index in [-0.39, 0.29) is 23.7 Å². The molecule has 1 unspecified atom stereocenters. The Morgan fingerprint density at radius 2 is 2.37 bits per heavy atom. The Bertz CT molecular complexity index is 447. The first kappa shape index (κ1) is 16.1. The monoisotopic (exact) mass is 350 g/mol. The van der Waals surface area contributed by atoms with E-state index in [0.717, 1.165) is 0 Å². The van der Waals surface area contributed by atoms with E-state index in [1.165, 1.54) is 0 Å². The van der Waals surface area contributed by atoms with Crippen LogP contribution < -0.4 is 10.6 Å². The molecule has 6 nitrogen and oxygen atoms in total. The quantitative estimate of drug-likeness (QED) is 0.755. The summed E-state index contributed by atoms with van der Waals surface area (Å²) in [4.78, 5) is 21.0. The normalized spacial score (nSPS) is 12.2. The largest absolute Gasteiger partial charge is 0.383 e. The zero-order chi connectivity index (χ0) is 14.4. The van der Waals surface area contributed by atoms with Gasteiger partial charge in [-0.1, -0.05) is 0 Å². The molecule has 1 aromatic rings. The van der Waals surface area contributed by atoms with Crippen LogP contribution in [0.2, 0.25) is 5.28 Å². The SMILES string of the molecule is COCCN(c1nc(Cl)ncc1Br)C(C)CC(N)=O. The molecule has 0 spiro atoms. The lowest BCUT2D eigenvalue weighted by atomic mass is 10.2. The average molecular weight is 352 g/mol. The van der Waals surface area contributed by atoms with E-state index < -0.39 is 0 Å². The number of carbonyl (C=O) groups excluding carboxylic acids is 1. The number of primary amides is 1. The second kappa shape index (κ2) is 7.62. The molecule has 1 heterocycles. The van der Waals surface area contributed by atoms with E-state index in [1.54, 1.807) is 13.3 Å². The van der Waals surface area contributed by atoms with Gasteiger partial charge >= 0.3 is 0 Å². The average Bonchev–Trinajstić information content (AvgIpc) is 2.33. The minimum absolute atomic E-state index is 0.116. The van der Waals surface area contributed by atoms with Crippen LogP contribution in [0.1, 0.15) is 13.3 Å². The van der Waals surface area contributed by atoms with Crippen molar-refractivity contribution >= 4 is 39.3 Å². The topological polar surface area (TPSA) is 81.3 Å². The van der Waals surface area contributed by atoms with Gasteiger partial charge in [0.15, 0.2) is 0 Å². The first-order valence-corrected chi connectivity index (χ1v) is 6.84. The zero-order valence-electron chi connectivity index (χ0n) is 10.8. The number of anilines is 1. The highest BCUT2D eigenvalue weighted by Gasteiger charge is 2.20. The van der Waals surface area contributed by atoms with Crippen LogP contribution in [0.25, 0.3) is 0 Å². The van der Waals surface area contributed by atoms with Gasteiger partial charge in [-0.25, -0.2) is 4.98 Å². The fourth-order valence-electron chi connectivity index (χ4n) is 1.66. The molecular weight excluding hydrogens is 336 g/mol. The van der Waals surface area contributed by atoms with Gasteiger partial charge in [-0.15, -0.1) is 0 Å². The molecule has 0 aromatic carbocycles. The van der Waals surface area contributed by atoms with Gasteiger partial charge in [0.1, 0.15) is 5.82 Å². The van der Waals surface area contributed by atoms with Crippen LogP contribution in [0.3, 0.4) is 0 Å². The Morgan fingerprint density at radius 1 is 1.68 bits per heavy atom. The van der Waals surface area contributed by atoms with Gasteiger partial charge in [0, 0.05) is 32.3 Å². The molecule has 0 radical (unpaired) electrons. The zero-order valence-corrected chi connectivity index (χ0v) is 13.1. The molecule has 0 aliphatic carbocycles. The highest BCUT2D eigenvalue weighted by Crippen LogP contribution is 2.26. The Labute approximate surface area is 125 Å². The molecule has 0 saturated heterocycles. The van der Waals surface area contributed by atoms with Gasteiger partial charge in [-0.2, -0.15) is 4.98 Å². The minimum atomic E-state index is -0.369. The maximum Gasteiger partial charge on any atom is 0.224 e. The van der Waals surface area contributed by atoms with E-state index in [4.69, 9.17) is 22.1 Å². The summed E-state index contributed by atoms with van der Waals surface area (Å²) < 4.78 is 5.77. The predicted molar refractivity (Wildman–Crippen MR) is 77.2 cm³/mol. The molecule has 0 saturated carbocycles. The van der Waals surface area contributed by atoms with Gasteiger partial charge in [0.2, 0.25) is 11.2 Å². The van der Waals surface area contributed by atoms with Crippen LogP contribution >= 0.6 is 27.5 Å². The summed E-state index contributed by atoms with van der Waals surface area (Å²) in [6, 6.07) is -0.116. The van der Waals surface area contributed by atoms with E-state index in [0.29, 0.717) is 23.4 Å². The summed E-state index contributed by atoms with van der Waals surface area (Å²) in [6.45, 7) is 2.96. The van der Waals surface area contributed by atoms with Crippen molar-refractivity contribution in [3.8, 4) is 0 Å². The number of aromatic nitrogens is 2. The number of ether oxygens (including phenoxy) is 1. The molecule has 0 aliphatic heterocycles. The molecule has 19 heavy (non-hydrogen) atoms. The fourth-order valence-corrected chi connectivity index (χ4v) is 2.21. The van der Waals surface area contributed by atoms with Crippen LogP contribution in [-0.4, -0.2) is 42.2 Å². The van der Waals surface area contributed by atoms with Crippen LogP contribution in [0, 0.1) is 0 Å². The van der Waals surface area contributed by atoms with Gasteiger partial charge in [0.25, 0.3) is 0 Å². The van der Waals surface area contributed by atoms with Crippen LogP contribution in [0.15, 0.2) is 10.7 Å². The Morgan fingerprint density at radius 3 is 2.95 bits per heavy atom. The lowest BCUT2D eigenvalue weighted by Crippen LogP contribution is -2.39. The molecule has 0 bridgehead atoms. The summed E-state index contributed by atoms with van der Waals surface area (Å²) in [5.41, 5.74) is 5.24. The first-order valence-electron chi connectivity index (χ1n) is 5.67. The third-order valence-corrected chi connectivity index (χ3v) is 3.27. The Kier molecular flexibility index (Phi) is 6.47. The Balaban J connectivity index is 3.00. The number of methoxy groups -OCH3 is 1. The number of hydrogen-bond acceptors (Lipinski definition) is 5. The minimum Gasteiger partial charge on any atom is -0.383 e. The van der Waals surface area contributed by atoms with Crippen molar-refractivity contribution in [3.05, 3.63) is 16.0 Å². The van der Waals surface area contributed by atoms with Crippen molar-refractivity contribution in [1.82, 2.24) is 9.97 Å². The first-order chi connectivity index (χ1) is 8.95. The molecule has 1 aromatic heterocycles. The molecular formula is C11H16BrClN4O2. The predicted octanol–water partition coefficient (Wildman–Crippen LogP) is 1.61. The summed E-state index contributed by atoms with van der Waals surface area (Å²) in [7, 11) is 1.61. The van der Waals surface area contributed by atoms with Crippen LogP contribution in [-0.2, 0) is 9.53 Å². The molecule has 8 heteroatoms. The molecule has 1 atom stereocenters. The number of amides is 1. The van der Waals surface area contributed by atoms with Gasteiger partial charge in [-0.05, 0) is 34.5 Å². The highest BCUT2D eigenvalue weighted by atomic mass is 79.9. The van der Waals surface area contributed by atoms with E-state index in [9.17, 15) is 4.79 Å². The van der Waals surface area contributed by atoms with Crippen molar-refractivity contribution < 1.29 is 9.53 Å². The molecule has 0 fully saturated rings. The van der Waals surface area contributed by atoms with Crippen molar-refractivity contribution in [1.29, 1.82) is 0 Å². The summed E-state index contributed by atoms with van der Waals surface area (Å²) in [5.74, 6) is 0.247. The molecule has 1 rings (SSSR count). The number of hydrogen-bond donors (Lipinski definition) is 1. The summed E-state index contributed by atoms with van der Waals surface area (Å²) in [5, 5.41) is 0.145. The molecule has 106 valence electrons. The lowest BCUT2D eigenvalue weighted by Gasteiger charge is -2.30. The maximum atomic E-state index is 11.1. The van der Waals surface area contributed by atoms with E-state index in [2.05, 4.69) is 25.9 Å². The van der Waals surface area contributed by atoms with Gasteiger partial charge in [0.05, 0.1) is 11.1 Å². The van der Waals surface area contributed by atoms with Crippen molar-refractivity contribution in [3.63, 3.8) is 0 Å². The third-order valence-electron chi connectivity index (χ3n) is 2.53. The number of halogens is 2. The van der Waals surface area contributed by atoms with E-state index >= 15 is 0 Å². The summed E-state index contributed by atoms with van der Waals surface area (Å²) in [6.07, 6.45) is 1.79. The molecule has 1 amide bonds.